The maximum Gasteiger partial charge on any atom is 0.252 e. The molecule has 0 aliphatic rings. The highest BCUT2D eigenvalue weighted by Gasteiger charge is 2.12. The van der Waals surface area contributed by atoms with Crippen molar-refractivity contribution in [2.45, 2.75) is 0 Å². The lowest BCUT2D eigenvalue weighted by Gasteiger charge is -2.00. The van der Waals surface area contributed by atoms with Crippen molar-refractivity contribution in [3.8, 4) is 0 Å². The maximum absolute atomic E-state index is 10.9. The van der Waals surface area contributed by atoms with E-state index in [9.17, 15) is 14.4 Å². The molecular weight excluding hydrogens is 298 g/mol. The zero-order valence-electron chi connectivity index (χ0n) is 7.50. The third-order valence-corrected chi connectivity index (χ3v) is 2.27. The van der Waals surface area contributed by atoms with Crippen LogP contribution in [0.4, 0.5) is 0 Å². The molecule has 1 aromatic carbocycles. The van der Waals surface area contributed by atoms with Gasteiger partial charge < -0.3 is 0 Å². The molecule has 7 heteroatoms. The summed E-state index contributed by atoms with van der Waals surface area (Å²) in [6.45, 7) is 0. The molecule has 16 heavy (non-hydrogen) atoms. The van der Waals surface area contributed by atoms with Crippen molar-refractivity contribution in [1.29, 1.82) is 0 Å². The van der Waals surface area contributed by atoms with E-state index in [4.69, 9.17) is 34.8 Å². The quantitative estimate of drug-likeness (QED) is 0.805. The number of hydrogen-bond donors (Lipinski definition) is 0. The Morgan fingerprint density at radius 2 is 0.875 bits per heavy atom. The molecule has 0 spiro atoms. The summed E-state index contributed by atoms with van der Waals surface area (Å²) >= 11 is 15.6. The molecule has 1 aromatic rings. The Bertz CT molecular complexity index is 377. The standard InChI is InChI=1S/C9H3Cl3O3.ClH/c10-7(13)4-1-5(8(11)14)3-6(2-4)9(12)15;/h1-3H;1H. The van der Waals surface area contributed by atoms with Gasteiger partial charge >= 0.3 is 0 Å². The fraction of sp³-hybridized carbons (Fsp3) is 0. The van der Waals surface area contributed by atoms with Crippen molar-refractivity contribution >= 4 is 62.9 Å². The molecular formula is C9H4Cl4O3. The second-order valence-electron chi connectivity index (χ2n) is 2.62. The van der Waals surface area contributed by atoms with Gasteiger partial charge in [-0.1, -0.05) is 0 Å². The van der Waals surface area contributed by atoms with E-state index in [0.717, 1.165) is 0 Å². The van der Waals surface area contributed by atoms with E-state index >= 15 is 0 Å². The van der Waals surface area contributed by atoms with E-state index in [1.165, 1.54) is 18.2 Å². The van der Waals surface area contributed by atoms with Gasteiger partial charge in [0.15, 0.2) is 0 Å². The van der Waals surface area contributed by atoms with Crippen LogP contribution in [0, 0.1) is 0 Å². The van der Waals surface area contributed by atoms with Crippen LogP contribution in [0.5, 0.6) is 0 Å². The molecule has 0 bridgehead atoms. The normalized spacial score (nSPS) is 9.19. The molecule has 0 amide bonds. The van der Waals surface area contributed by atoms with Gasteiger partial charge in [-0.3, -0.25) is 14.4 Å². The molecule has 0 aromatic heterocycles. The summed E-state index contributed by atoms with van der Waals surface area (Å²) in [6.07, 6.45) is 0. The smallest absolute Gasteiger partial charge is 0.252 e. The fourth-order valence-corrected chi connectivity index (χ4v) is 1.30. The zero-order valence-corrected chi connectivity index (χ0v) is 10.6. The van der Waals surface area contributed by atoms with Crippen LogP contribution in [-0.4, -0.2) is 15.7 Å². The lowest BCUT2D eigenvalue weighted by Crippen LogP contribution is -2.00. The van der Waals surface area contributed by atoms with E-state index in [1.54, 1.807) is 0 Å². The first-order chi connectivity index (χ1) is 6.91. The summed E-state index contributed by atoms with van der Waals surface area (Å²) in [7, 11) is 0. The third-order valence-electron chi connectivity index (χ3n) is 1.61. The number of hydrogen-bond acceptors (Lipinski definition) is 3. The highest BCUT2D eigenvalue weighted by atomic mass is 35.5. The van der Waals surface area contributed by atoms with Gasteiger partial charge in [-0.15, -0.1) is 12.4 Å². The summed E-state index contributed by atoms with van der Waals surface area (Å²) in [5.74, 6) is 0. The Kier molecular flexibility index (Phi) is 5.97. The first-order valence-electron chi connectivity index (χ1n) is 3.66. The summed E-state index contributed by atoms with van der Waals surface area (Å²) in [4.78, 5) is 32.6. The van der Waals surface area contributed by atoms with Crippen LogP contribution in [0.15, 0.2) is 18.2 Å². The topological polar surface area (TPSA) is 51.2 Å². The molecule has 0 atom stereocenters. The van der Waals surface area contributed by atoms with Crippen LogP contribution in [0.1, 0.15) is 31.1 Å². The Hall–Kier alpha value is -0.610. The molecule has 0 saturated heterocycles. The van der Waals surface area contributed by atoms with E-state index < -0.39 is 15.7 Å². The predicted octanol–water partition coefficient (Wildman–Crippen LogP) is 3.25. The second kappa shape index (κ2) is 6.21. The second-order valence-corrected chi connectivity index (χ2v) is 3.65. The molecule has 1 rings (SSSR count). The summed E-state index contributed by atoms with van der Waals surface area (Å²) in [6, 6.07) is 3.57. The van der Waals surface area contributed by atoms with Crippen molar-refractivity contribution in [2.75, 3.05) is 0 Å². The maximum atomic E-state index is 10.9. The molecule has 0 aliphatic carbocycles. The van der Waals surface area contributed by atoms with Gasteiger partial charge in [-0.05, 0) is 53.0 Å². The zero-order chi connectivity index (χ0) is 11.6. The number of carbonyl (C=O) groups excluding carboxylic acids is 3. The van der Waals surface area contributed by atoms with Crippen molar-refractivity contribution in [3.63, 3.8) is 0 Å². The van der Waals surface area contributed by atoms with Crippen LogP contribution in [0.25, 0.3) is 0 Å². The SMILES string of the molecule is Cl.O=C(Cl)c1cc(C(=O)Cl)cc(C(=O)Cl)c1. The molecule has 0 aliphatic heterocycles. The van der Waals surface area contributed by atoms with E-state index in [0.29, 0.717) is 0 Å². The molecule has 0 saturated carbocycles. The lowest BCUT2D eigenvalue weighted by atomic mass is 10.1. The van der Waals surface area contributed by atoms with Gasteiger partial charge in [0.25, 0.3) is 15.7 Å². The van der Waals surface area contributed by atoms with Gasteiger partial charge in [0.2, 0.25) is 0 Å². The number of rotatable bonds is 3. The Labute approximate surface area is 112 Å². The summed E-state index contributed by atoms with van der Waals surface area (Å²) in [5, 5.41) is -2.39. The van der Waals surface area contributed by atoms with E-state index in [-0.39, 0.29) is 29.1 Å². The Balaban J connectivity index is 0.00000225. The van der Waals surface area contributed by atoms with Crippen LogP contribution < -0.4 is 0 Å². The molecule has 0 heterocycles. The fourth-order valence-electron chi connectivity index (χ4n) is 0.968. The lowest BCUT2D eigenvalue weighted by molar-refractivity contribution is 0.108. The van der Waals surface area contributed by atoms with Gasteiger partial charge in [0, 0.05) is 16.7 Å². The first kappa shape index (κ1) is 15.4. The van der Waals surface area contributed by atoms with Crippen LogP contribution in [-0.2, 0) is 0 Å². The van der Waals surface area contributed by atoms with Gasteiger partial charge in [-0.2, -0.15) is 0 Å². The number of carbonyl (C=O) groups is 3. The highest BCUT2D eigenvalue weighted by Crippen LogP contribution is 2.16. The van der Waals surface area contributed by atoms with Crippen molar-refractivity contribution in [3.05, 3.63) is 34.9 Å². The highest BCUT2D eigenvalue weighted by molar-refractivity contribution is 6.70. The molecule has 0 unspecified atom stereocenters. The van der Waals surface area contributed by atoms with Crippen LogP contribution >= 0.6 is 47.2 Å². The molecule has 0 radical (unpaired) electrons. The summed E-state index contributed by atoms with van der Waals surface area (Å²) < 4.78 is 0. The molecule has 86 valence electrons. The minimum Gasteiger partial charge on any atom is -0.276 e. The molecule has 0 fully saturated rings. The first-order valence-corrected chi connectivity index (χ1v) is 4.80. The summed E-state index contributed by atoms with van der Waals surface area (Å²) in [5.41, 5.74) is -0.0218. The molecule has 0 N–H and O–H groups in total. The van der Waals surface area contributed by atoms with Crippen LogP contribution in [0.3, 0.4) is 0 Å². The van der Waals surface area contributed by atoms with Gasteiger partial charge in [-0.25, -0.2) is 0 Å². The predicted molar refractivity (Wildman–Crippen MR) is 64.2 cm³/mol. The third kappa shape index (κ3) is 3.76. The average molecular weight is 302 g/mol. The number of benzene rings is 1. The van der Waals surface area contributed by atoms with Gasteiger partial charge in [0.05, 0.1) is 0 Å². The van der Waals surface area contributed by atoms with Gasteiger partial charge in [0.1, 0.15) is 0 Å². The Morgan fingerprint density at radius 3 is 1.00 bits per heavy atom. The van der Waals surface area contributed by atoms with Crippen molar-refractivity contribution < 1.29 is 14.4 Å². The molecule has 3 nitrogen and oxygen atoms in total. The average Bonchev–Trinajstić information content (AvgIpc) is 2.16. The van der Waals surface area contributed by atoms with Crippen molar-refractivity contribution in [2.24, 2.45) is 0 Å². The van der Waals surface area contributed by atoms with Crippen molar-refractivity contribution in [1.82, 2.24) is 0 Å². The minimum absolute atomic E-state index is 0. The Morgan fingerprint density at radius 1 is 0.688 bits per heavy atom. The monoisotopic (exact) mass is 300 g/mol. The number of halogens is 4. The van der Waals surface area contributed by atoms with E-state index in [2.05, 4.69) is 0 Å². The van der Waals surface area contributed by atoms with Crippen LogP contribution in [0.2, 0.25) is 0 Å². The van der Waals surface area contributed by atoms with E-state index in [1.807, 2.05) is 0 Å². The largest absolute Gasteiger partial charge is 0.276 e. The minimum atomic E-state index is -0.797.